The molecule has 26 heavy (non-hydrogen) atoms. The number of nitrogens with zero attached hydrogens (tertiary/aromatic N) is 2. The van der Waals surface area contributed by atoms with Crippen LogP contribution in [0.4, 0.5) is 0 Å². The Balaban J connectivity index is 2.14. The second-order valence-electron chi connectivity index (χ2n) is 7.05. The smallest absolute Gasteiger partial charge is 0.329 e. The Hall–Kier alpha value is -2.60. The van der Waals surface area contributed by atoms with E-state index in [9.17, 15) is 9.59 Å². The van der Waals surface area contributed by atoms with Crippen molar-refractivity contribution in [1.82, 2.24) is 15.3 Å². The number of nitrogens with one attached hydrogen (secondary N) is 2. The average molecular weight is 375 g/mol. The van der Waals surface area contributed by atoms with E-state index in [0.29, 0.717) is 5.02 Å². The van der Waals surface area contributed by atoms with Gasteiger partial charge in [0.1, 0.15) is 0 Å². The molecule has 2 N–H and O–H groups in total. The fraction of sp³-hybridized carbons (Fsp3) is 0.316. The van der Waals surface area contributed by atoms with Gasteiger partial charge < -0.3 is 9.88 Å². The molecule has 0 unspecified atom stereocenters. The molecule has 1 aromatic carbocycles. The van der Waals surface area contributed by atoms with Crippen molar-refractivity contribution in [2.75, 3.05) is 0 Å². The number of hydrogen-bond donors (Lipinski definition) is 2. The van der Waals surface area contributed by atoms with Crippen molar-refractivity contribution in [2.45, 2.75) is 40.2 Å². The van der Waals surface area contributed by atoms with Crippen LogP contribution in [0.2, 0.25) is 5.02 Å². The Morgan fingerprint density at radius 3 is 2.46 bits per heavy atom. The van der Waals surface area contributed by atoms with Gasteiger partial charge in [0.2, 0.25) is 0 Å². The van der Waals surface area contributed by atoms with E-state index < -0.39 is 17.4 Å². The molecule has 2 amide bonds. The van der Waals surface area contributed by atoms with Crippen LogP contribution in [0.15, 0.2) is 35.4 Å². The third-order valence-electron chi connectivity index (χ3n) is 3.60. The van der Waals surface area contributed by atoms with Crippen LogP contribution < -0.4 is 10.7 Å². The molecule has 0 aliphatic carbocycles. The Bertz CT molecular complexity index is 863. The first-order valence-corrected chi connectivity index (χ1v) is 8.57. The number of hydrogen-bond acceptors (Lipinski definition) is 3. The molecule has 0 spiro atoms. The van der Waals surface area contributed by atoms with Gasteiger partial charge in [-0.25, -0.2) is 5.43 Å². The summed E-state index contributed by atoms with van der Waals surface area (Å²) in [5, 5.41) is 7.13. The van der Waals surface area contributed by atoms with Gasteiger partial charge in [-0.3, -0.25) is 9.59 Å². The van der Waals surface area contributed by atoms with Crippen LogP contribution in [-0.2, 0) is 9.59 Å². The summed E-state index contributed by atoms with van der Waals surface area (Å²) in [6.45, 7) is 9.31. The molecule has 0 aliphatic heterocycles. The van der Waals surface area contributed by atoms with Crippen molar-refractivity contribution in [2.24, 2.45) is 5.10 Å². The summed E-state index contributed by atoms with van der Waals surface area (Å²) in [5.41, 5.74) is 5.49. The lowest BCUT2D eigenvalue weighted by Crippen LogP contribution is -2.47. The molecule has 0 aliphatic rings. The van der Waals surface area contributed by atoms with Gasteiger partial charge in [-0.05, 0) is 58.9 Å². The number of hydrazone groups is 1. The molecule has 1 aromatic heterocycles. The van der Waals surface area contributed by atoms with E-state index in [1.54, 1.807) is 20.8 Å². The Kier molecular flexibility index (Phi) is 5.87. The summed E-state index contributed by atoms with van der Waals surface area (Å²) < 4.78 is 2.04. The SMILES string of the molecule is Cc1cc(C=NNC(=O)C(=O)NC(C)(C)C)c(C)n1-c1cccc(Cl)c1. The summed E-state index contributed by atoms with van der Waals surface area (Å²) in [4.78, 5) is 23.5. The molecule has 0 bridgehead atoms. The molecule has 2 aromatic rings. The zero-order chi connectivity index (χ0) is 19.5. The van der Waals surface area contributed by atoms with Crippen LogP contribution >= 0.6 is 11.6 Å². The van der Waals surface area contributed by atoms with Crippen LogP contribution in [0.1, 0.15) is 37.7 Å². The minimum Gasteiger partial charge on any atom is -0.343 e. The fourth-order valence-corrected chi connectivity index (χ4v) is 2.72. The number of halogens is 1. The molecule has 0 saturated heterocycles. The lowest BCUT2D eigenvalue weighted by atomic mass is 10.1. The lowest BCUT2D eigenvalue weighted by Gasteiger charge is -2.19. The number of carbonyl (C=O) groups is 2. The van der Waals surface area contributed by atoms with Crippen molar-refractivity contribution in [3.8, 4) is 5.69 Å². The molecule has 1 heterocycles. The van der Waals surface area contributed by atoms with Crippen LogP contribution in [0.5, 0.6) is 0 Å². The van der Waals surface area contributed by atoms with Crippen molar-refractivity contribution in [3.63, 3.8) is 0 Å². The van der Waals surface area contributed by atoms with E-state index >= 15 is 0 Å². The highest BCUT2D eigenvalue weighted by atomic mass is 35.5. The normalized spacial score (nSPS) is 11.6. The van der Waals surface area contributed by atoms with Crippen LogP contribution in [0.3, 0.4) is 0 Å². The van der Waals surface area contributed by atoms with E-state index in [1.165, 1.54) is 6.21 Å². The third-order valence-corrected chi connectivity index (χ3v) is 3.84. The Morgan fingerprint density at radius 2 is 1.85 bits per heavy atom. The maximum absolute atomic E-state index is 11.8. The molecule has 0 radical (unpaired) electrons. The van der Waals surface area contributed by atoms with Gasteiger partial charge in [0, 0.05) is 33.2 Å². The van der Waals surface area contributed by atoms with Crippen molar-refractivity contribution < 1.29 is 9.59 Å². The first-order chi connectivity index (χ1) is 12.1. The van der Waals surface area contributed by atoms with Gasteiger partial charge in [-0.2, -0.15) is 5.10 Å². The monoisotopic (exact) mass is 374 g/mol. The second kappa shape index (κ2) is 7.74. The summed E-state index contributed by atoms with van der Waals surface area (Å²) in [6.07, 6.45) is 1.52. The fourth-order valence-electron chi connectivity index (χ4n) is 2.54. The van der Waals surface area contributed by atoms with E-state index in [-0.39, 0.29) is 0 Å². The molecular formula is C19H23ClN4O2. The molecule has 0 saturated carbocycles. The van der Waals surface area contributed by atoms with Gasteiger partial charge in [-0.15, -0.1) is 0 Å². The topological polar surface area (TPSA) is 75.5 Å². The predicted octanol–water partition coefficient (Wildman–Crippen LogP) is 3.11. The summed E-state index contributed by atoms with van der Waals surface area (Å²) in [7, 11) is 0. The highest BCUT2D eigenvalue weighted by Gasteiger charge is 2.19. The number of rotatable bonds is 3. The minimum absolute atomic E-state index is 0.486. The molecule has 7 heteroatoms. The van der Waals surface area contributed by atoms with Gasteiger partial charge in [-0.1, -0.05) is 17.7 Å². The largest absolute Gasteiger partial charge is 0.343 e. The van der Waals surface area contributed by atoms with E-state index in [0.717, 1.165) is 22.6 Å². The average Bonchev–Trinajstić information content (AvgIpc) is 2.79. The molecule has 6 nitrogen and oxygen atoms in total. The predicted molar refractivity (Wildman–Crippen MR) is 104 cm³/mol. The molecule has 2 rings (SSSR count). The van der Waals surface area contributed by atoms with E-state index in [4.69, 9.17) is 11.6 Å². The van der Waals surface area contributed by atoms with Crippen LogP contribution in [0.25, 0.3) is 5.69 Å². The zero-order valence-corrected chi connectivity index (χ0v) is 16.3. The lowest BCUT2D eigenvalue weighted by molar-refractivity contribution is -0.140. The van der Waals surface area contributed by atoms with Gasteiger partial charge >= 0.3 is 11.8 Å². The summed E-state index contributed by atoms with van der Waals surface area (Å²) in [6, 6.07) is 9.49. The zero-order valence-electron chi connectivity index (χ0n) is 15.6. The number of carbonyl (C=O) groups excluding carboxylic acids is 2. The quantitative estimate of drug-likeness (QED) is 0.492. The third kappa shape index (κ3) is 4.95. The van der Waals surface area contributed by atoms with E-state index in [1.807, 2.05) is 48.7 Å². The maximum Gasteiger partial charge on any atom is 0.329 e. The number of aryl methyl sites for hydroxylation is 1. The molecule has 0 atom stereocenters. The Labute approximate surface area is 158 Å². The highest BCUT2D eigenvalue weighted by Crippen LogP contribution is 2.22. The van der Waals surface area contributed by atoms with Crippen molar-refractivity contribution in [1.29, 1.82) is 0 Å². The van der Waals surface area contributed by atoms with Crippen molar-refractivity contribution in [3.05, 3.63) is 52.3 Å². The van der Waals surface area contributed by atoms with Crippen LogP contribution in [-0.4, -0.2) is 28.1 Å². The summed E-state index contributed by atoms with van der Waals surface area (Å²) in [5.74, 6) is -1.53. The molecule has 0 fully saturated rings. The van der Waals surface area contributed by atoms with Crippen LogP contribution in [0, 0.1) is 13.8 Å². The molecule has 138 valence electrons. The Morgan fingerprint density at radius 1 is 1.15 bits per heavy atom. The van der Waals surface area contributed by atoms with Gasteiger partial charge in [0.15, 0.2) is 0 Å². The number of aromatic nitrogens is 1. The first kappa shape index (κ1) is 19.7. The second-order valence-corrected chi connectivity index (χ2v) is 7.48. The first-order valence-electron chi connectivity index (χ1n) is 8.19. The minimum atomic E-state index is -0.806. The van der Waals surface area contributed by atoms with Gasteiger partial charge in [0.25, 0.3) is 0 Å². The summed E-state index contributed by atoms with van der Waals surface area (Å²) >= 11 is 6.08. The van der Waals surface area contributed by atoms with Crippen molar-refractivity contribution >= 4 is 29.6 Å². The number of amides is 2. The maximum atomic E-state index is 11.8. The molecular weight excluding hydrogens is 352 g/mol. The van der Waals surface area contributed by atoms with E-state index in [2.05, 4.69) is 15.8 Å². The standard InChI is InChI=1S/C19H23ClN4O2/c1-12-9-14(11-21-23-18(26)17(25)22-19(3,4)5)13(2)24(12)16-8-6-7-15(20)10-16/h6-11H,1-5H3,(H,22,25)(H,23,26). The van der Waals surface area contributed by atoms with Gasteiger partial charge in [0.05, 0.1) is 6.21 Å². The highest BCUT2D eigenvalue weighted by molar-refractivity contribution is 6.35. The number of benzene rings is 1.